The Morgan fingerprint density at radius 2 is 1.80 bits per heavy atom. The molecule has 1 fully saturated rings. The Morgan fingerprint density at radius 3 is 2.33 bits per heavy atom. The monoisotopic (exact) mass is 213 g/mol. The van der Waals surface area contributed by atoms with E-state index in [0.29, 0.717) is 5.92 Å². The van der Waals surface area contributed by atoms with Crippen molar-refractivity contribution in [3.8, 4) is 0 Å². The summed E-state index contributed by atoms with van der Waals surface area (Å²) in [6, 6.07) is 0.0510. The molecule has 86 valence electrons. The number of amides is 2. The van der Waals surface area contributed by atoms with Gasteiger partial charge in [0.25, 0.3) is 0 Å². The molecule has 0 radical (unpaired) electrons. The maximum atomic E-state index is 11.2. The van der Waals surface area contributed by atoms with E-state index >= 15 is 0 Å². The Bertz CT molecular complexity index is 237. The van der Waals surface area contributed by atoms with Gasteiger partial charge in [-0.05, 0) is 25.7 Å². The zero-order valence-corrected chi connectivity index (χ0v) is 9.08. The van der Waals surface area contributed by atoms with Gasteiger partial charge in [0.2, 0.25) is 0 Å². The highest BCUT2D eigenvalue weighted by atomic mass is 16.2. The third kappa shape index (κ3) is 3.51. The first kappa shape index (κ1) is 12.0. The molecule has 0 heterocycles. The van der Waals surface area contributed by atoms with E-state index in [1.165, 1.54) is 19.3 Å². The summed E-state index contributed by atoms with van der Waals surface area (Å²) in [6.45, 7) is 1.94. The average molecular weight is 213 g/mol. The Labute approximate surface area is 89.8 Å². The molecule has 0 saturated heterocycles. The molecule has 0 aromatic rings. The molecule has 0 spiro atoms. The van der Waals surface area contributed by atoms with E-state index in [2.05, 4.69) is 5.32 Å². The van der Waals surface area contributed by atoms with Gasteiger partial charge >= 0.3 is 11.8 Å². The summed E-state index contributed by atoms with van der Waals surface area (Å²) in [5, 5.41) is 2.67. The molecular weight excluding hydrogens is 194 g/mol. The van der Waals surface area contributed by atoms with Crippen LogP contribution in [0.3, 0.4) is 0 Å². The minimum absolute atomic E-state index is 0.0510. The van der Waals surface area contributed by atoms with Gasteiger partial charge in [0.05, 0.1) is 0 Å². The van der Waals surface area contributed by atoms with E-state index in [0.717, 1.165) is 12.8 Å². The van der Waals surface area contributed by atoms with Gasteiger partial charge in [-0.25, -0.2) is 5.84 Å². The number of nitrogens with one attached hydrogen (secondary N) is 2. The second-order valence-corrected chi connectivity index (χ2v) is 4.13. The van der Waals surface area contributed by atoms with E-state index in [9.17, 15) is 9.59 Å². The Balaban J connectivity index is 2.36. The Morgan fingerprint density at radius 1 is 1.20 bits per heavy atom. The standard InChI is InChI=1S/C10H19N3O2/c1-7(8-5-3-2-4-6-8)12-9(14)10(15)13-11/h7-8H,2-6,11H2,1H3,(H,12,14)(H,13,15). The van der Waals surface area contributed by atoms with Crippen molar-refractivity contribution in [2.24, 2.45) is 11.8 Å². The van der Waals surface area contributed by atoms with Crippen molar-refractivity contribution >= 4 is 11.8 Å². The lowest BCUT2D eigenvalue weighted by Gasteiger charge is -2.27. The fraction of sp³-hybridized carbons (Fsp3) is 0.800. The SMILES string of the molecule is CC(NC(=O)C(=O)NN)C1CCCCC1. The highest BCUT2D eigenvalue weighted by Crippen LogP contribution is 2.26. The number of rotatable bonds is 2. The fourth-order valence-electron chi connectivity index (χ4n) is 2.09. The maximum absolute atomic E-state index is 11.2. The van der Waals surface area contributed by atoms with Crippen molar-refractivity contribution in [1.82, 2.24) is 10.7 Å². The van der Waals surface area contributed by atoms with Gasteiger partial charge < -0.3 is 5.32 Å². The molecular formula is C10H19N3O2. The predicted molar refractivity (Wildman–Crippen MR) is 56.5 cm³/mol. The van der Waals surface area contributed by atoms with Crippen LogP contribution in [-0.4, -0.2) is 17.9 Å². The highest BCUT2D eigenvalue weighted by Gasteiger charge is 2.23. The lowest BCUT2D eigenvalue weighted by molar-refractivity contribution is -0.139. The molecule has 0 bridgehead atoms. The van der Waals surface area contributed by atoms with Crippen LogP contribution in [0.15, 0.2) is 0 Å². The maximum Gasteiger partial charge on any atom is 0.323 e. The second kappa shape index (κ2) is 5.70. The summed E-state index contributed by atoms with van der Waals surface area (Å²) in [5.41, 5.74) is 1.82. The van der Waals surface area contributed by atoms with E-state index in [-0.39, 0.29) is 6.04 Å². The molecule has 2 amide bonds. The molecule has 5 heteroatoms. The van der Waals surface area contributed by atoms with E-state index in [4.69, 9.17) is 5.84 Å². The first-order valence-corrected chi connectivity index (χ1v) is 5.46. The first-order valence-electron chi connectivity index (χ1n) is 5.46. The fourth-order valence-corrected chi connectivity index (χ4v) is 2.09. The summed E-state index contributed by atoms with van der Waals surface area (Å²) in [7, 11) is 0. The smallest absolute Gasteiger partial charge is 0.323 e. The van der Waals surface area contributed by atoms with Crippen molar-refractivity contribution in [3.05, 3.63) is 0 Å². The van der Waals surface area contributed by atoms with Crippen molar-refractivity contribution in [3.63, 3.8) is 0 Å². The van der Waals surface area contributed by atoms with Gasteiger partial charge in [0.1, 0.15) is 0 Å². The molecule has 1 atom stereocenters. The van der Waals surface area contributed by atoms with Crippen LogP contribution in [0.1, 0.15) is 39.0 Å². The van der Waals surface area contributed by atoms with Gasteiger partial charge in [0, 0.05) is 6.04 Å². The van der Waals surface area contributed by atoms with Crippen LogP contribution in [0, 0.1) is 5.92 Å². The number of hydrogen-bond donors (Lipinski definition) is 3. The minimum atomic E-state index is -0.780. The van der Waals surface area contributed by atoms with Crippen LogP contribution < -0.4 is 16.6 Å². The van der Waals surface area contributed by atoms with Crippen LogP contribution in [0.25, 0.3) is 0 Å². The van der Waals surface area contributed by atoms with Crippen LogP contribution in [0.5, 0.6) is 0 Å². The lowest BCUT2D eigenvalue weighted by atomic mass is 9.84. The zero-order chi connectivity index (χ0) is 11.3. The zero-order valence-electron chi connectivity index (χ0n) is 9.08. The van der Waals surface area contributed by atoms with Crippen molar-refractivity contribution in [1.29, 1.82) is 0 Å². The number of hydrazine groups is 1. The van der Waals surface area contributed by atoms with Gasteiger partial charge in [-0.1, -0.05) is 19.3 Å². The number of carbonyl (C=O) groups excluding carboxylic acids is 2. The summed E-state index contributed by atoms with van der Waals surface area (Å²) in [5.74, 6) is 3.94. The van der Waals surface area contributed by atoms with E-state index < -0.39 is 11.8 Å². The summed E-state index contributed by atoms with van der Waals surface area (Å²) < 4.78 is 0. The molecule has 1 aliphatic carbocycles. The summed E-state index contributed by atoms with van der Waals surface area (Å²) >= 11 is 0. The third-order valence-corrected chi connectivity index (χ3v) is 3.05. The van der Waals surface area contributed by atoms with Gasteiger partial charge in [0.15, 0.2) is 0 Å². The summed E-state index contributed by atoms with van der Waals surface area (Å²) in [6.07, 6.45) is 5.97. The first-order chi connectivity index (χ1) is 7.15. The molecule has 1 unspecified atom stereocenters. The molecule has 5 nitrogen and oxygen atoms in total. The molecule has 15 heavy (non-hydrogen) atoms. The minimum Gasteiger partial charge on any atom is -0.345 e. The lowest BCUT2D eigenvalue weighted by Crippen LogP contribution is -2.48. The molecule has 0 aromatic heterocycles. The van der Waals surface area contributed by atoms with Crippen LogP contribution in [-0.2, 0) is 9.59 Å². The Kier molecular flexibility index (Phi) is 4.55. The Hall–Kier alpha value is -1.10. The van der Waals surface area contributed by atoms with E-state index in [1.807, 2.05) is 12.3 Å². The van der Waals surface area contributed by atoms with Crippen molar-refractivity contribution in [2.75, 3.05) is 0 Å². The molecule has 1 saturated carbocycles. The third-order valence-electron chi connectivity index (χ3n) is 3.05. The van der Waals surface area contributed by atoms with Crippen molar-refractivity contribution in [2.45, 2.75) is 45.1 Å². The number of nitrogens with two attached hydrogens (primary N) is 1. The number of carbonyl (C=O) groups is 2. The van der Waals surface area contributed by atoms with Crippen LogP contribution in [0.4, 0.5) is 0 Å². The molecule has 0 aliphatic heterocycles. The topological polar surface area (TPSA) is 84.2 Å². The van der Waals surface area contributed by atoms with Gasteiger partial charge in [-0.2, -0.15) is 0 Å². The summed E-state index contributed by atoms with van der Waals surface area (Å²) in [4.78, 5) is 22.1. The van der Waals surface area contributed by atoms with Gasteiger partial charge in [-0.3, -0.25) is 15.0 Å². The van der Waals surface area contributed by atoms with Crippen molar-refractivity contribution < 1.29 is 9.59 Å². The molecule has 4 N–H and O–H groups in total. The van der Waals surface area contributed by atoms with Crippen LogP contribution in [0.2, 0.25) is 0 Å². The van der Waals surface area contributed by atoms with Crippen LogP contribution >= 0.6 is 0 Å². The molecule has 1 rings (SSSR count). The highest BCUT2D eigenvalue weighted by molar-refractivity contribution is 6.34. The quantitative estimate of drug-likeness (QED) is 0.262. The second-order valence-electron chi connectivity index (χ2n) is 4.13. The predicted octanol–water partition coefficient (Wildman–Crippen LogP) is 0.0613. The number of hydrogen-bond acceptors (Lipinski definition) is 3. The van der Waals surface area contributed by atoms with E-state index in [1.54, 1.807) is 0 Å². The van der Waals surface area contributed by atoms with Gasteiger partial charge in [-0.15, -0.1) is 0 Å². The average Bonchev–Trinajstić information content (AvgIpc) is 2.29. The normalized spacial score (nSPS) is 19.3. The largest absolute Gasteiger partial charge is 0.345 e. The molecule has 0 aromatic carbocycles. The molecule has 1 aliphatic rings.